The van der Waals surface area contributed by atoms with Crippen LogP contribution < -0.4 is 5.32 Å². The summed E-state index contributed by atoms with van der Waals surface area (Å²) in [6.07, 6.45) is -4.52. The Balaban J connectivity index is 1.70. The number of tetrazole rings is 1. The zero-order chi connectivity index (χ0) is 19.6. The van der Waals surface area contributed by atoms with Gasteiger partial charge in [-0.2, -0.15) is 18.0 Å². The van der Waals surface area contributed by atoms with E-state index in [1.165, 1.54) is 18.2 Å². The monoisotopic (exact) mass is 383 g/mol. The molecule has 3 aromatic rings. The molecule has 3 rings (SSSR count). The van der Waals surface area contributed by atoms with Gasteiger partial charge >= 0.3 is 6.18 Å². The molecule has 0 aliphatic rings. The van der Waals surface area contributed by atoms with Crippen LogP contribution in [0.3, 0.4) is 0 Å². The van der Waals surface area contributed by atoms with Crippen LogP contribution >= 0.6 is 0 Å². The lowest BCUT2D eigenvalue weighted by Gasteiger charge is -2.06. The Hall–Kier alpha value is -3.37. The zero-order valence-corrected chi connectivity index (χ0v) is 13.3. The molecule has 0 bridgehead atoms. The average molecular weight is 383 g/mol. The SMILES string of the molecule is O=C(Cn1nnc(-c2cccc(C(F)(F)F)c2)n1)Nc1ccc(F)c(F)c1. The largest absolute Gasteiger partial charge is 0.416 e. The summed E-state index contributed by atoms with van der Waals surface area (Å²) in [5.41, 5.74) is -0.762. The number of carbonyl (C=O) groups excluding carboxylic acids is 1. The number of nitrogens with zero attached hydrogens (tertiary/aromatic N) is 4. The molecule has 140 valence electrons. The fraction of sp³-hybridized carbons (Fsp3) is 0.125. The number of hydrogen-bond acceptors (Lipinski definition) is 4. The highest BCUT2D eigenvalue weighted by Crippen LogP contribution is 2.31. The average Bonchev–Trinajstić information content (AvgIpc) is 3.06. The van der Waals surface area contributed by atoms with Crippen molar-refractivity contribution in [3.63, 3.8) is 0 Å². The van der Waals surface area contributed by atoms with Gasteiger partial charge in [0.05, 0.1) is 5.56 Å². The Kier molecular flexibility index (Phi) is 4.84. The smallest absolute Gasteiger partial charge is 0.324 e. The summed E-state index contributed by atoms with van der Waals surface area (Å²) < 4.78 is 64.2. The van der Waals surface area contributed by atoms with Crippen LogP contribution in [0.15, 0.2) is 42.5 Å². The summed E-state index contributed by atoms with van der Waals surface area (Å²) in [7, 11) is 0. The van der Waals surface area contributed by atoms with E-state index in [0.29, 0.717) is 0 Å². The molecule has 2 aromatic carbocycles. The molecule has 0 aliphatic heterocycles. The predicted octanol–water partition coefficient (Wildman–Crippen LogP) is 3.28. The van der Waals surface area contributed by atoms with Crippen molar-refractivity contribution in [2.45, 2.75) is 12.7 Å². The van der Waals surface area contributed by atoms with E-state index < -0.39 is 35.8 Å². The molecule has 6 nitrogen and oxygen atoms in total. The number of anilines is 1. The predicted molar refractivity (Wildman–Crippen MR) is 83.2 cm³/mol. The molecular weight excluding hydrogens is 373 g/mol. The normalized spacial score (nSPS) is 11.4. The van der Waals surface area contributed by atoms with Crippen molar-refractivity contribution in [1.82, 2.24) is 20.2 Å². The Bertz CT molecular complexity index is 985. The molecule has 1 aromatic heterocycles. The first-order chi connectivity index (χ1) is 12.7. The lowest BCUT2D eigenvalue weighted by Crippen LogP contribution is -2.20. The van der Waals surface area contributed by atoms with E-state index >= 15 is 0 Å². The van der Waals surface area contributed by atoms with Crippen molar-refractivity contribution in [3.8, 4) is 11.4 Å². The van der Waals surface area contributed by atoms with Gasteiger partial charge < -0.3 is 5.32 Å². The van der Waals surface area contributed by atoms with Crippen molar-refractivity contribution in [3.05, 3.63) is 59.7 Å². The minimum absolute atomic E-state index is 0.0251. The van der Waals surface area contributed by atoms with E-state index in [9.17, 15) is 26.7 Å². The Morgan fingerprint density at radius 2 is 1.85 bits per heavy atom. The Labute approximate surface area is 148 Å². The molecule has 0 saturated heterocycles. The van der Waals surface area contributed by atoms with Crippen LogP contribution in [0.25, 0.3) is 11.4 Å². The van der Waals surface area contributed by atoms with Crippen LogP contribution in [0, 0.1) is 11.6 Å². The van der Waals surface area contributed by atoms with E-state index in [0.717, 1.165) is 29.1 Å². The van der Waals surface area contributed by atoms with Crippen molar-refractivity contribution >= 4 is 11.6 Å². The van der Waals surface area contributed by atoms with Crippen LogP contribution in [-0.4, -0.2) is 26.1 Å². The van der Waals surface area contributed by atoms with Crippen molar-refractivity contribution < 1.29 is 26.7 Å². The first-order valence-electron chi connectivity index (χ1n) is 7.43. The second-order valence-corrected chi connectivity index (χ2v) is 5.40. The molecule has 1 N–H and O–H groups in total. The maximum Gasteiger partial charge on any atom is 0.416 e. The van der Waals surface area contributed by atoms with Crippen LogP contribution in [0.2, 0.25) is 0 Å². The van der Waals surface area contributed by atoms with Crippen molar-refractivity contribution in [2.75, 3.05) is 5.32 Å². The molecule has 0 unspecified atom stereocenters. The maximum absolute atomic E-state index is 13.1. The lowest BCUT2D eigenvalue weighted by molar-refractivity contribution is -0.137. The van der Waals surface area contributed by atoms with Gasteiger partial charge in [-0.1, -0.05) is 12.1 Å². The number of benzene rings is 2. The van der Waals surface area contributed by atoms with E-state index in [-0.39, 0.29) is 17.1 Å². The summed E-state index contributed by atoms with van der Waals surface area (Å²) in [5.74, 6) is -2.94. The number of halogens is 5. The van der Waals surface area contributed by atoms with Gasteiger partial charge in [0.15, 0.2) is 11.6 Å². The van der Waals surface area contributed by atoms with Gasteiger partial charge in [0.25, 0.3) is 0 Å². The molecule has 0 radical (unpaired) electrons. The van der Waals surface area contributed by atoms with Crippen molar-refractivity contribution in [1.29, 1.82) is 0 Å². The zero-order valence-electron chi connectivity index (χ0n) is 13.3. The van der Waals surface area contributed by atoms with Gasteiger partial charge in [0, 0.05) is 17.3 Å². The molecule has 0 fully saturated rings. The Morgan fingerprint density at radius 1 is 1.07 bits per heavy atom. The molecular formula is C16H10F5N5O. The molecule has 0 spiro atoms. The summed E-state index contributed by atoms with van der Waals surface area (Å²) in [6.45, 7) is -0.426. The quantitative estimate of drug-likeness (QED) is 0.702. The lowest BCUT2D eigenvalue weighted by atomic mass is 10.1. The number of carbonyl (C=O) groups is 1. The third-order valence-corrected chi connectivity index (χ3v) is 3.39. The third kappa shape index (κ3) is 4.43. The molecule has 1 heterocycles. The Morgan fingerprint density at radius 3 is 2.56 bits per heavy atom. The van der Waals surface area contributed by atoms with E-state index in [2.05, 4.69) is 20.7 Å². The summed E-state index contributed by atoms with van der Waals surface area (Å²) >= 11 is 0. The van der Waals surface area contributed by atoms with Crippen LogP contribution in [0.5, 0.6) is 0 Å². The number of alkyl halides is 3. The summed E-state index contributed by atoms with van der Waals surface area (Å²) in [6, 6.07) is 7.16. The summed E-state index contributed by atoms with van der Waals surface area (Å²) in [4.78, 5) is 12.8. The fourth-order valence-corrected chi connectivity index (χ4v) is 2.16. The number of hydrogen-bond donors (Lipinski definition) is 1. The molecule has 27 heavy (non-hydrogen) atoms. The highest BCUT2D eigenvalue weighted by Gasteiger charge is 2.30. The first kappa shape index (κ1) is 18.4. The first-order valence-corrected chi connectivity index (χ1v) is 7.43. The van der Waals surface area contributed by atoms with Crippen LogP contribution in [0.1, 0.15) is 5.56 Å². The molecule has 0 atom stereocenters. The number of amides is 1. The van der Waals surface area contributed by atoms with Crippen molar-refractivity contribution in [2.24, 2.45) is 0 Å². The highest BCUT2D eigenvalue weighted by molar-refractivity contribution is 5.90. The van der Waals surface area contributed by atoms with Gasteiger partial charge in [-0.15, -0.1) is 10.2 Å². The second-order valence-electron chi connectivity index (χ2n) is 5.40. The topological polar surface area (TPSA) is 72.7 Å². The minimum atomic E-state index is -4.52. The van der Waals surface area contributed by atoms with Crippen LogP contribution in [0.4, 0.5) is 27.6 Å². The minimum Gasteiger partial charge on any atom is -0.324 e. The van der Waals surface area contributed by atoms with Crippen LogP contribution in [-0.2, 0) is 17.5 Å². The highest BCUT2D eigenvalue weighted by atomic mass is 19.4. The number of nitrogens with one attached hydrogen (secondary N) is 1. The maximum atomic E-state index is 13.1. The van der Waals surface area contributed by atoms with Gasteiger partial charge in [-0.3, -0.25) is 4.79 Å². The van der Waals surface area contributed by atoms with E-state index in [1.54, 1.807) is 0 Å². The molecule has 1 amide bonds. The molecule has 0 saturated carbocycles. The third-order valence-electron chi connectivity index (χ3n) is 3.39. The van der Waals surface area contributed by atoms with Gasteiger partial charge in [-0.25, -0.2) is 8.78 Å². The van der Waals surface area contributed by atoms with Gasteiger partial charge in [0.2, 0.25) is 11.7 Å². The van der Waals surface area contributed by atoms with Gasteiger partial charge in [-0.05, 0) is 29.5 Å². The second kappa shape index (κ2) is 7.09. The number of rotatable bonds is 4. The van der Waals surface area contributed by atoms with Gasteiger partial charge in [0.1, 0.15) is 6.54 Å². The summed E-state index contributed by atoms with van der Waals surface area (Å²) in [5, 5.41) is 13.4. The fourth-order valence-electron chi connectivity index (χ4n) is 2.16. The van der Waals surface area contributed by atoms with E-state index in [1.807, 2.05) is 0 Å². The number of aromatic nitrogens is 4. The molecule has 11 heteroatoms. The molecule has 0 aliphatic carbocycles. The standard InChI is InChI=1S/C16H10F5N5O/c17-12-5-4-11(7-13(12)18)22-14(27)8-26-24-15(23-25-26)9-2-1-3-10(6-9)16(19,20)21/h1-7H,8H2,(H,22,27). The van der Waals surface area contributed by atoms with E-state index in [4.69, 9.17) is 0 Å².